The van der Waals surface area contributed by atoms with Crippen LogP contribution in [0.15, 0.2) is 24.3 Å². The van der Waals surface area contributed by atoms with Crippen molar-refractivity contribution in [2.75, 3.05) is 26.2 Å². The van der Waals surface area contributed by atoms with Crippen molar-refractivity contribution in [2.45, 2.75) is 19.3 Å². The van der Waals surface area contributed by atoms with Gasteiger partial charge in [-0.15, -0.1) is 0 Å². The van der Waals surface area contributed by atoms with E-state index in [1.54, 1.807) is 12.1 Å². The third-order valence-electron chi connectivity index (χ3n) is 3.21. The minimum atomic E-state index is -2.96. The second-order valence-electron chi connectivity index (χ2n) is 4.59. The molecule has 0 amide bonds. The van der Waals surface area contributed by atoms with Gasteiger partial charge in [0, 0.05) is 12.1 Å². The smallest absolute Gasteiger partial charge is 0.300 e. The Morgan fingerprint density at radius 1 is 1.21 bits per heavy atom. The summed E-state index contributed by atoms with van der Waals surface area (Å²) in [5.74, 6) is -0.548. The van der Waals surface area contributed by atoms with Gasteiger partial charge in [-0.3, -0.25) is 9.69 Å². The predicted molar refractivity (Wildman–Crippen MR) is 67.9 cm³/mol. The fraction of sp³-hybridized carbons (Fsp3) is 0.500. The summed E-state index contributed by atoms with van der Waals surface area (Å²) in [5, 5.41) is 0. The molecule has 0 saturated carbocycles. The minimum Gasteiger partial charge on any atom is -0.492 e. The van der Waals surface area contributed by atoms with E-state index in [1.807, 2.05) is 0 Å². The molecule has 1 aromatic carbocycles. The molecule has 104 valence electrons. The van der Waals surface area contributed by atoms with E-state index in [0.29, 0.717) is 12.4 Å². The topological polar surface area (TPSA) is 29.5 Å². The molecule has 1 heterocycles. The molecule has 0 aliphatic carbocycles. The molecule has 0 unspecified atom stereocenters. The first-order valence-corrected chi connectivity index (χ1v) is 6.44. The third-order valence-corrected chi connectivity index (χ3v) is 3.21. The number of ketones is 1. The van der Waals surface area contributed by atoms with Gasteiger partial charge in [0.05, 0.1) is 0 Å². The number of halogens is 2. The molecule has 0 N–H and O–H groups in total. The Kier molecular flexibility index (Phi) is 4.85. The third kappa shape index (κ3) is 3.99. The second kappa shape index (κ2) is 6.61. The van der Waals surface area contributed by atoms with Crippen LogP contribution in [0, 0.1) is 0 Å². The number of benzene rings is 1. The van der Waals surface area contributed by atoms with Gasteiger partial charge in [0.1, 0.15) is 12.4 Å². The summed E-state index contributed by atoms with van der Waals surface area (Å²) in [6.07, 6.45) is -0.476. The largest absolute Gasteiger partial charge is 0.492 e. The van der Waals surface area contributed by atoms with Crippen LogP contribution in [0.4, 0.5) is 8.78 Å². The van der Waals surface area contributed by atoms with Crippen molar-refractivity contribution in [3.8, 4) is 5.75 Å². The minimum absolute atomic E-state index is 0.0156. The van der Waals surface area contributed by atoms with E-state index in [0.717, 1.165) is 19.6 Å². The van der Waals surface area contributed by atoms with Crippen molar-refractivity contribution in [1.82, 2.24) is 4.90 Å². The number of hydrogen-bond acceptors (Lipinski definition) is 3. The summed E-state index contributed by atoms with van der Waals surface area (Å²) in [7, 11) is 0. The number of Topliss-reactive ketones (excluding diaryl/α,β-unsaturated/α-hetero) is 1. The van der Waals surface area contributed by atoms with Gasteiger partial charge in [-0.05, 0) is 50.2 Å². The number of carbonyl (C=O) groups excluding carboxylic acids is 1. The van der Waals surface area contributed by atoms with Crippen LogP contribution in [0.1, 0.15) is 23.2 Å². The van der Waals surface area contributed by atoms with E-state index in [1.165, 1.54) is 25.0 Å². The Bertz CT molecular complexity index is 414. The van der Waals surface area contributed by atoms with E-state index < -0.39 is 12.2 Å². The lowest BCUT2D eigenvalue weighted by atomic mass is 10.1. The summed E-state index contributed by atoms with van der Waals surface area (Å²) in [4.78, 5) is 13.4. The maximum atomic E-state index is 12.2. The van der Waals surface area contributed by atoms with Gasteiger partial charge in [0.15, 0.2) is 0 Å². The first kappa shape index (κ1) is 13.9. The highest BCUT2D eigenvalue weighted by Gasteiger charge is 2.17. The molecule has 1 aromatic rings. The molecule has 19 heavy (non-hydrogen) atoms. The molecule has 2 rings (SSSR count). The highest BCUT2D eigenvalue weighted by molar-refractivity contribution is 5.98. The Hall–Kier alpha value is -1.49. The van der Waals surface area contributed by atoms with Crippen LogP contribution < -0.4 is 4.74 Å². The van der Waals surface area contributed by atoms with E-state index in [4.69, 9.17) is 4.74 Å². The van der Waals surface area contributed by atoms with Gasteiger partial charge >= 0.3 is 6.43 Å². The molecule has 0 atom stereocenters. The van der Waals surface area contributed by atoms with E-state index in [-0.39, 0.29) is 5.56 Å². The molecule has 1 aliphatic rings. The monoisotopic (exact) mass is 269 g/mol. The van der Waals surface area contributed by atoms with Crippen molar-refractivity contribution in [2.24, 2.45) is 0 Å². The van der Waals surface area contributed by atoms with Crippen molar-refractivity contribution in [3.05, 3.63) is 29.8 Å². The molecule has 5 heteroatoms. The lowest BCUT2D eigenvalue weighted by Gasteiger charge is -2.14. The SMILES string of the molecule is O=C(c1ccc(OCCN2CCCC2)cc1)C(F)F. The maximum absolute atomic E-state index is 12.2. The Morgan fingerprint density at radius 2 is 1.84 bits per heavy atom. The number of ether oxygens (including phenoxy) is 1. The quantitative estimate of drug-likeness (QED) is 0.743. The molecule has 1 saturated heterocycles. The molecule has 1 aliphatic heterocycles. The van der Waals surface area contributed by atoms with Crippen LogP contribution in [0.3, 0.4) is 0 Å². The van der Waals surface area contributed by atoms with Gasteiger partial charge in [-0.25, -0.2) is 8.78 Å². The molecular formula is C14H17F2NO2. The lowest BCUT2D eigenvalue weighted by molar-refractivity contribution is 0.0678. The average molecular weight is 269 g/mol. The van der Waals surface area contributed by atoms with Gasteiger partial charge in [0.2, 0.25) is 5.78 Å². The van der Waals surface area contributed by atoms with Gasteiger partial charge in [0.25, 0.3) is 0 Å². The first-order valence-electron chi connectivity index (χ1n) is 6.44. The van der Waals surface area contributed by atoms with Crippen molar-refractivity contribution < 1.29 is 18.3 Å². The standard InChI is InChI=1S/C14H17F2NO2/c15-14(16)13(18)11-3-5-12(6-4-11)19-10-9-17-7-1-2-8-17/h3-6,14H,1-2,7-10H2. The molecule has 0 spiro atoms. The van der Waals surface area contributed by atoms with Gasteiger partial charge in [-0.2, -0.15) is 0 Å². The molecule has 1 fully saturated rings. The Balaban J connectivity index is 1.79. The average Bonchev–Trinajstić information content (AvgIpc) is 2.92. The highest BCUT2D eigenvalue weighted by atomic mass is 19.3. The van der Waals surface area contributed by atoms with E-state index in [9.17, 15) is 13.6 Å². The van der Waals surface area contributed by atoms with E-state index in [2.05, 4.69) is 4.90 Å². The van der Waals surface area contributed by atoms with Crippen LogP contribution >= 0.6 is 0 Å². The second-order valence-corrected chi connectivity index (χ2v) is 4.59. The van der Waals surface area contributed by atoms with Crippen molar-refractivity contribution >= 4 is 5.78 Å². The summed E-state index contributed by atoms with van der Waals surface area (Å²) in [5.41, 5.74) is 0.0156. The Labute approximate surface area is 111 Å². The summed E-state index contributed by atoms with van der Waals surface area (Å²) in [6.45, 7) is 3.68. The molecule has 3 nitrogen and oxygen atoms in total. The van der Waals surface area contributed by atoms with Crippen molar-refractivity contribution in [1.29, 1.82) is 0 Å². The summed E-state index contributed by atoms with van der Waals surface area (Å²) >= 11 is 0. The normalized spacial score (nSPS) is 15.9. The molecular weight excluding hydrogens is 252 g/mol. The zero-order valence-corrected chi connectivity index (χ0v) is 10.6. The predicted octanol–water partition coefficient (Wildman–Crippen LogP) is 2.61. The summed E-state index contributed by atoms with van der Waals surface area (Å²) < 4.78 is 29.9. The zero-order chi connectivity index (χ0) is 13.7. The van der Waals surface area contributed by atoms with Crippen LogP contribution in [0.2, 0.25) is 0 Å². The first-order chi connectivity index (χ1) is 9.16. The molecule has 0 radical (unpaired) electrons. The van der Waals surface area contributed by atoms with Crippen LogP contribution in [-0.4, -0.2) is 43.3 Å². The van der Waals surface area contributed by atoms with Gasteiger partial charge < -0.3 is 4.74 Å². The van der Waals surface area contributed by atoms with Crippen molar-refractivity contribution in [3.63, 3.8) is 0 Å². The van der Waals surface area contributed by atoms with Crippen LogP contribution in [0.25, 0.3) is 0 Å². The number of carbonyl (C=O) groups is 1. The van der Waals surface area contributed by atoms with Crippen LogP contribution in [0.5, 0.6) is 5.75 Å². The van der Waals surface area contributed by atoms with Gasteiger partial charge in [-0.1, -0.05) is 0 Å². The fourth-order valence-corrected chi connectivity index (χ4v) is 2.14. The molecule has 0 aromatic heterocycles. The Morgan fingerprint density at radius 3 is 2.42 bits per heavy atom. The highest BCUT2D eigenvalue weighted by Crippen LogP contribution is 2.15. The fourth-order valence-electron chi connectivity index (χ4n) is 2.14. The molecule has 0 bridgehead atoms. The lowest BCUT2D eigenvalue weighted by Crippen LogP contribution is -2.25. The number of hydrogen-bond donors (Lipinski definition) is 0. The van der Waals surface area contributed by atoms with Crippen LogP contribution in [-0.2, 0) is 0 Å². The number of alkyl halides is 2. The number of nitrogens with zero attached hydrogens (tertiary/aromatic N) is 1. The van der Waals surface area contributed by atoms with E-state index >= 15 is 0 Å². The maximum Gasteiger partial charge on any atom is 0.300 e. The summed E-state index contributed by atoms with van der Waals surface area (Å²) in [6, 6.07) is 5.86. The zero-order valence-electron chi connectivity index (χ0n) is 10.6. The number of rotatable bonds is 6. The number of likely N-dealkylation sites (tertiary alicyclic amines) is 1.